The first-order chi connectivity index (χ1) is 8.56. The third kappa shape index (κ3) is 1.97. The number of rotatable bonds is 1. The van der Waals surface area contributed by atoms with Gasteiger partial charge in [0, 0.05) is 10.7 Å². The number of pyridine rings is 1. The highest BCUT2D eigenvalue weighted by Gasteiger charge is 2.15. The van der Waals surface area contributed by atoms with Crippen molar-refractivity contribution in [3.05, 3.63) is 37.7 Å². The first-order valence-electron chi connectivity index (χ1n) is 4.94. The lowest BCUT2D eigenvalue weighted by molar-refractivity contribution is 1.20. The van der Waals surface area contributed by atoms with Gasteiger partial charge in [-0.15, -0.1) is 11.3 Å². The average Bonchev–Trinajstić information content (AvgIpc) is 2.82. The van der Waals surface area contributed by atoms with Crippen LogP contribution in [-0.2, 0) is 0 Å². The number of hydrogen-bond acceptors (Lipinski definition) is 3. The van der Waals surface area contributed by atoms with Crippen LogP contribution in [0.2, 0.25) is 5.02 Å². The van der Waals surface area contributed by atoms with Crippen molar-refractivity contribution >= 4 is 66.3 Å². The van der Waals surface area contributed by atoms with Crippen molar-refractivity contribution < 1.29 is 0 Å². The Kier molecular flexibility index (Phi) is 3.13. The van der Waals surface area contributed by atoms with Crippen LogP contribution in [0.25, 0.3) is 16.2 Å². The van der Waals surface area contributed by atoms with Gasteiger partial charge in [-0.1, -0.05) is 11.6 Å². The van der Waals surface area contributed by atoms with E-state index < -0.39 is 0 Å². The van der Waals surface area contributed by atoms with Crippen molar-refractivity contribution in [2.45, 2.75) is 0 Å². The number of thiophene rings is 1. The number of nitrogen functional groups attached to an aromatic ring is 1. The lowest BCUT2D eigenvalue weighted by atomic mass is 10.3. The molecular formula is C11H6Br2ClN3S. The summed E-state index contributed by atoms with van der Waals surface area (Å²) in [7, 11) is 0. The van der Waals surface area contributed by atoms with E-state index in [1.54, 1.807) is 28.0 Å². The van der Waals surface area contributed by atoms with Crippen molar-refractivity contribution in [1.82, 2.24) is 9.38 Å². The van der Waals surface area contributed by atoms with E-state index in [4.69, 9.17) is 17.3 Å². The average molecular weight is 408 g/mol. The van der Waals surface area contributed by atoms with Gasteiger partial charge in [0.15, 0.2) is 0 Å². The fourth-order valence-corrected chi connectivity index (χ4v) is 3.88. The van der Waals surface area contributed by atoms with Crippen LogP contribution in [0.5, 0.6) is 0 Å². The monoisotopic (exact) mass is 405 g/mol. The zero-order valence-electron chi connectivity index (χ0n) is 8.82. The highest BCUT2D eigenvalue weighted by Crippen LogP contribution is 2.40. The molecule has 3 rings (SSSR count). The summed E-state index contributed by atoms with van der Waals surface area (Å²) in [5.74, 6) is 0.591. The molecule has 3 nitrogen and oxygen atoms in total. The lowest BCUT2D eigenvalue weighted by Gasteiger charge is -1.97. The van der Waals surface area contributed by atoms with Crippen molar-refractivity contribution in [3.63, 3.8) is 0 Å². The van der Waals surface area contributed by atoms with Gasteiger partial charge in [-0.25, -0.2) is 4.98 Å². The molecule has 0 atom stereocenters. The fourth-order valence-electron chi connectivity index (χ4n) is 1.68. The minimum absolute atomic E-state index is 0.591. The molecule has 0 aliphatic heterocycles. The summed E-state index contributed by atoms with van der Waals surface area (Å²) in [6, 6.07) is 5.64. The zero-order chi connectivity index (χ0) is 12.9. The molecule has 0 bridgehead atoms. The quantitative estimate of drug-likeness (QED) is 0.628. The Balaban J connectivity index is 2.26. The molecule has 0 amide bonds. The van der Waals surface area contributed by atoms with Crippen molar-refractivity contribution in [3.8, 4) is 10.6 Å². The van der Waals surface area contributed by atoms with Crippen molar-refractivity contribution in [1.29, 1.82) is 0 Å². The smallest absolute Gasteiger partial charge is 0.139 e. The molecule has 0 saturated heterocycles. The van der Waals surface area contributed by atoms with Crippen LogP contribution in [-0.4, -0.2) is 9.38 Å². The molecule has 0 fully saturated rings. The Morgan fingerprint density at radius 1 is 1.33 bits per heavy atom. The fraction of sp³-hybridized carbons (Fsp3) is 0. The van der Waals surface area contributed by atoms with Gasteiger partial charge >= 0.3 is 0 Å². The van der Waals surface area contributed by atoms with Crippen LogP contribution in [0.3, 0.4) is 0 Å². The van der Waals surface area contributed by atoms with Gasteiger partial charge in [-0.05, 0) is 50.1 Å². The Bertz CT molecular complexity index is 731. The number of anilines is 1. The van der Waals surface area contributed by atoms with Gasteiger partial charge in [0.1, 0.15) is 17.2 Å². The molecule has 0 aliphatic carbocycles. The molecule has 92 valence electrons. The number of fused-ring (bicyclic) bond motifs is 1. The number of aromatic nitrogens is 2. The predicted molar refractivity (Wildman–Crippen MR) is 83.3 cm³/mol. The normalized spacial score (nSPS) is 11.3. The third-order valence-corrected chi connectivity index (χ3v) is 5.98. The molecule has 3 aromatic heterocycles. The Morgan fingerprint density at radius 3 is 2.78 bits per heavy atom. The minimum atomic E-state index is 0.591. The van der Waals surface area contributed by atoms with Crippen LogP contribution < -0.4 is 5.73 Å². The molecule has 2 N–H and O–H groups in total. The summed E-state index contributed by atoms with van der Waals surface area (Å²) in [4.78, 5) is 5.53. The topological polar surface area (TPSA) is 43.3 Å². The molecule has 0 saturated carbocycles. The number of nitrogens with two attached hydrogens (primary N) is 1. The largest absolute Gasteiger partial charge is 0.383 e. The van der Waals surface area contributed by atoms with E-state index in [1.807, 2.05) is 12.1 Å². The molecule has 0 unspecified atom stereocenters. The third-order valence-electron chi connectivity index (χ3n) is 2.50. The molecule has 18 heavy (non-hydrogen) atoms. The second-order valence-electron chi connectivity index (χ2n) is 3.65. The van der Waals surface area contributed by atoms with Crippen LogP contribution in [0.4, 0.5) is 5.82 Å². The van der Waals surface area contributed by atoms with Gasteiger partial charge in [0.25, 0.3) is 0 Å². The van der Waals surface area contributed by atoms with E-state index in [1.165, 1.54) is 0 Å². The van der Waals surface area contributed by atoms with E-state index in [-0.39, 0.29) is 0 Å². The lowest BCUT2D eigenvalue weighted by Crippen LogP contribution is -1.93. The Hall–Kier alpha value is -0.560. The summed E-state index contributed by atoms with van der Waals surface area (Å²) < 4.78 is 3.81. The molecule has 0 spiro atoms. The minimum Gasteiger partial charge on any atom is -0.383 e. The summed E-state index contributed by atoms with van der Waals surface area (Å²) >= 11 is 14.5. The Morgan fingerprint density at radius 2 is 2.11 bits per heavy atom. The predicted octanol–water partition coefficient (Wildman–Crippen LogP) is 4.82. The van der Waals surface area contributed by atoms with E-state index >= 15 is 0 Å². The molecule has 0 radical (unpaired) electrons. The highest BCUT2D eigenvalue weighted by molar-refractivity contribution is 9.13. The maximum Gasteiger partial charge on any atom is 0.139 e. The van der Waals surface area contributed by atoms with E-state index in [0.29, 0.717) is 10.8 Å². The van der Waals surface area contributed by atoms with Crippen LogP contribution >= 0.6 is 54.8 Å². The molecule has 0 aromatic carbocycles. The number of halogens is 3. The summed E-state index contributed by atoms with van der Waals surface area (Å²) in [6.45, 7) is 0. The molecule has 3 heterocycles. The van der Waals surface area contributed by atoms with Gasteiger partial charge in [0.2, 0.25) is 0 Å². The maximum absolute atomic E-state index is 6.12. The second-order valence-corrected chi connectivity index (χ2v) is 7.31. The second kappa shape index (κ2) is 4.52. The first kappa shape index (κ1) is 12.5. The SMILES string of the molecule is Nc1c(-c2cc(Br)c(Br)s2)nc2ccc(Cl)cn12. The Labute approximate surface area is 129 Å². The number of hydrogen-bond donors (Lipinski definition) is 1. The van der Waals surface area contributed by atoms with Gasteiger partial charge < -0.3 is 5.73 Å². The summed E-state index contributed by atoms with van der Waals surface area (Å²) in [5.41, 5.74) is 7.67. The molecular weight excluding hydrogens is 401 g/mol. The van der Waals surface area contributed by atoms with Gasteiger partial charge in [0.05, 0.1) is 13.7 Å². The van der Waals surface area contributed by atoms with Crippen LogP contribution in [0.15, 0.2) is 32.7 Å². The molecule has 3 aromatic rings. The van der Waals surface area contributed by atoms with Crippen LogP contribution in [0, 0.1) is 0 Å². The van der Waals surface area contributed by atoms with Gasteiger partial charge in [-0.3, -0.25) is 4.40 Å². The number of imidazole rings is 1. The van der Waals surface area contributed by atoms with Crippen molar-refractivity contribution in [2.75, 3.05) is 5.73 Å². The van der Waals surface area contributed by atoms with Crippen LogP contribution in [0.1, 0.15) is 0 Å². The van der Waals surface area contributed by atoms with Gasteiger partial charge in [-0.2, -0.15) is 0 Å². The number of nitrogens with zero attached hydrogens (tertiary/aromatic N) is 2. The van der Waals surface area contributed by atoms with Crippen molar-refractivity contribution in [2.24, 2.45) is 0 Å². The van der Waals surface area contributed by atoms with E-state index in [0.717, 1.165) is 24.5 Å². The highest BCUT2D eigenvalue weighted by atomic mass is 79.9. The summed E-state index contributed by atoms with van der Waals surface area (Å²) in [5, 5.41) is 0.631. The van der Waals surface area contributed by atoms with E-state index in [9.17, 15) is 0 Å². The summed E-state index contributed by atoms with van der Waals surface area (Å²) in [6.07, 6.45) is 1.76. The maximum atomic E-state index is 6.12. The molecule has 7 heteroatoms. The molecule has 0 aliphatic rings. The standard InChI is InChI=1S/C11H6Br2ClN3S/c12-6-3-7(18-10(6)13)9-11(15)17-4-5(14)1-2-8(17)16-9/h1-4H,15H2. The first-order valence-corrected chi connectivity index (χ1v) is 7.72. The zero-order valence-corrected chi connectivity index (χ0v) is 13.6. The van der Waals surface area contributed by atoms with E-state index in [2.05, 4.69) is 36.8 Å².